The second-order valence-electron chi connectivity index (χ2n) is 6.04. The van der Waals surface area contributed by atoms with Gasteiger partial charge in [-0.25, -0.2) is 0 Å². The minimum Gasteiger partial charge on any atom is -0.497 e. The number of likely N-dealkylation sites (tertiary alicyclic amines) is 1. The van der Waals surface area contributed by atoms with Gasteiger partial charge in [-0.15, -0.1) is 0 Å². The Morgan fingerprint density at radius 3 is 2.56 bits per heavy atom. The van der Waals surface area contributed by atoms with Gasteiger partial charge in [0.15, 0.2) is 6.61 Å². The average molecular weight is 344 g/mol. The monoisotopic (exact) mass is 344 g/mol. The van der Waals surface area contributed by atoms with Crippen molar-refractivity contribution in [2.45, 2.75) is 18.9 Å². The summed E-state index contributed by atoms with van der Waals surface area (Å²) in [5.41, 5.74) is 0. The molecule has 1 saturated heterocycles. The van der Waals surface area contributed by atoms with E-state index >= 15 is 0 Å². The van der Waals surface area contributed by atoms with E-state index in [2.05, 4.69) is 10.2 Å². The third kappa shape index (κ3) is 4.76. The van der Waals surface area contributed by atoms with Gasteiger partial charge in [0, 0.05) is 6.54 Å². The number of methoxy groups -OCH3 is 1. The largest absolute Gasteiger partial charge is 0.497 e. The summed E-state index contributed by atoms with van der Waals surface area (Å²) in [6, 6.07) is 11.1. The number of hydrogen-bond donors (Lipinski definition) is 1. The van der Waals surface area contributed by atoms with Crippen molar-refractivity contribution >= 4 is 5.91 Å². The summed E-state index contributed by atoms with van der Waals surface area (Å²) in [5, 5.41) is 2.95. The summed E-state index contributed by atoms with van der Waals surface area (Å²) in [7, 11) is 1.61. The van der Waals surface area contributed by atoms with Crippen molar-refractivity contribution in [3.8, 4) is 11.5 Å². The Labute approximate surface area is 147 Å². The van der Waals surface area contributed by atoms with Gasteiger partial charge in [-0.1, -0.05) is 0 Å². The maximum Gasteiger partial charge on any atom is 0.258 e. The number of hydrogen-bond acceptors (Lipinski definition) is 5. The second kappa shape index (κ2) is 8.58. The van der Waals surface area contributed by atoms with E-state index in [0.29, 0.717) is 12.3 Å². The minimum atomic E-state index is -0.147. The summed E-state index contributed by atoms with van der Waals surface area (Å²) in [4.78, 5) is 14.5. The Morgan fingerprint density at radius 1 is 1.20 bits per heavy atom. The number of nitrogens with one attached hydrogen (secondary N) is 1. The van der Waals surface area contributed by atoms with Crippen LogP contribution in [0.15, 0.2) is 47.1 Å². The molecule has 134 valence electrons. The van der Waals surface area contributed by atoms with Crippen LogP contribution in [-0.2, 0) is 4.79 Å². The molecule has 0 aliphatic carbocycles. The Balaban J connectivity index is 1.49. The van der Waals surface area contributed by atoms with Crippen molar-refractivity contribution < 1.29 is 18.7 Å². The standard InChI is InChI=1S/C19H24N2O4/c1-23-15-6-8-16(9-7-15)25-14-19(22)20-13-17(18-5-4-12-24-18)21-10-2-3-11-21/h4-9,12,17H,2-3,10-11,13-14H2,1H3,(H,20,22)/t17-/m1/s1. The van der Waals surface area contributed by atoms with Gasteiger partial charge in [-0.3, -0.25) is 9.69 Å². The third-order valence-electron chi connectivity index (χ3n) is 4.37. The quantitative estimate of drug-likeness (QED) is 0.797. The molecule has 25 heavy (non-hydrogen) atoms. The lowest BCUT2D eigenvalue weighted by molar-refractivity contribution is -0.123. The van der Waals surface area contributed by atoms with Gasteiger partial charge in [-0.05, 0) is 62.3 Å². The molecule has 1 amide bonds. The van der Waals surface area contributed by atoms with E-state index in [1.807, 2.05) is 12.1 Å². The van der Waals surface area contributed by atoms with Crippen molar-refractivity contribution in [3.05, 3.63) is 48.4 Å². The topological polar surface area (TPSA) is 63.9 Å². The zero-order valence-electron chi connectivity index (χ0n) is 14.4. The average Bonchev–Trinajstić information content (AvgIpc) is 3.35. The number of nitrogens with zero attached hydrogens (tertiary/aromatic N) is 1. The second-order valence-corrected chi connectivity index (χ2v) is 6.04. The van der Waals surface area contributed by atoms with E-state index in [9.17, 15) is 4.79 Å². The van der Waals surface area contributed by atoms with Crippen LogP contribution in [0.1, 0.15) is 24.6 Å². The fourth-order valence-corrected chi connectivity index (χ4v) is 3.03. The summed E-state index contributed by atoms with van der Waals surface area (Å²) in [6.07, 6.45) is 4.05. The molecule has 1 aliphatic heterocycles. The lowest BCUT2D eigenvalue weighted by atomic mass is 10.2. The highest BCUT2D eigenvalue weighted by molar-refractivity contribution is 5.77. The maximum atomic E-state index is 12.1. The fourth-order valence-electron chi connectivity index (χ4n) is 3.03. The summed E-state index contributed by atoms with van der Waals surface area (Å²) >= 11 is 0. The molecule has 2 aromatic rings. The number of amides is 1. The summed E-state index contributed by atoms with van der Waals surface area (Å²) in [6.45, 7) is 2.56. The smallest absolute Gasteiger partial charge is 0.258 e. The van der Waals surface area contributed by atoms with Gasteiger partial charge in [0.05, 0.1) is 19.4 Å². The molecule has 1 atom stereocenters. The molecule has 1 fully saturated rings. The van der Waals surface area contributed by atoms with Crippen LogP contribution in [0.5, 0.6) is 11.5 Å². The van der Waals surface area contributed by atoms with Crippen molar-refractivity contribution in [1.29, 1.82) is 0 Å². The van der Waals surface area contributed by atoms with Gasteiger partial charge in [0.25, 0.3) is 5.91 Å². The van der Waals surface area contributed by atoms with Gasteiger partial charge in [0.2, 0.25) is 0 Å². The van der Waals surface area contributed by atoms with E-state index in [-0.39, 0.29) is 18.6 Å². The van der Waals surface area contributed by atoms with Crippen molar-refractivity contribution in [2.75, 3.05) is 33.4 Å². The Hall–Kier alpha value is -2.47. The number of carbonyl (C=O) groups is 1. The maximum absolute atomic E-state index is 12.1. The number of rotatable bonds is 8. The van der Waals surface area contributed by atoms with Crippen LogP contribution in [0.25, 0.3) is 0 Å². The van der Waals surface area contributed by atoms with Crippen molar-refractivity contribution in [3.63, 3.8) is 0 Å². The predicted octanol–water partition coefficient (Wildman–Crippen LogP) is 2.62. The highest BCUT2D eigenvalue weighted by atomic mass is 16.5. The van der Waals surface area contributed by atoms with E-state index in [1.165, 1.54) is 12.8 Å². The van der Waals surface area contributed by atoms with Crippen LogP contribution in [0, 0.1) is 0 Å². The van der Waals surface area contributed by atoms with Crippen molar-refractivity contribution in [1.82, 2.24) is 10.2 Å². The Bertz CT molecular complexity index is 649. The zero-order valence-corrected chi connectivity index (χ0v) is 14.4. The number of ether oxygens (including phenoxy) is 2. The fraction of sp³-hybridized carbons (Fsp3) is 0.421. The molecule has 6 nitrogen and oxygen atoms in total. The van der Waals surface area contributed by atoms with E-state index in [1.54, 1.807) is 37.6 Å². The number of furan rings is 1. The molecule has 0 saturated carbocycles. The molecule has 0 bridgehead atoms. The van der Waals surface area contributed by atoms with Gasteiger partial charge in [0.1, 0.15) is 17.3 Å². The molecule has 1 aliphatic rings. The lowest BCUT2D eigenvalue weighted by Gasteiger charge is -2.26. The lowest BCUT2D eigenvalue weighted by Crippen LogP contribution is -2.38. The number of benzene rings is 1. The van der Waals surface area contributed by atoms with Gasteiger partial charge < -0.3 is 19.2 Å². The van der Waals surface area contributed by atoms with Crippen LogP contribution in [-0.4, -0.2) is 44.2 Å². The summed E-state index contributed by atoms with van der Waals surface area (Å²) in [5.74, 6) is 2.13. The molecule has 2 heterocycles. The third-order valence-corrected chi connectivity index (χ3v) is 4.37. The van der Waals surface area contributed by atoms with E-state index in [4.69, 9.17) is 13.9 Å². The predicted molar refractivity (Wildman–Crippen MR) is 93.8 cm³/mol. The Morgan fingerprint density at radius 2 is 1.92 bits per heavy atom. The molecule has 0 radical (unpaired) electrons. The molecule has 0 spiro atoms. The van der Waals surface area contributed by atoms with Crippen LogP contribution >= 0.6 is 0 Å². The molecule has 3 rings (SSSR count). The SMILES string of the molecule is COc1ccc(OCC(=O)NC[C@H](c2ccco2)N2CCCC2)cc1. The molecule has 1 aromatic carbocycles. The van der Waals surface area contributed by atoms with Crippen LogP contribution < -0.4 is 14.8 Å². The Kier molecular flexibility index (Phi) is 5.95. The zero-order chi connectivity index (χ0) is 17.5. The van der Waals surface area contributed by atoms with E-state index < -0.39 is 0 Å². The first-order valence-electron chi connectivity index (χ1n) is 8.57. The first-order valence-corrected chi connectivity index (χ1v) is 8.57. The first-order chi connectivity index (χ1) is 12.3. The highest BCUT2D eigenvalue weighted by Gasteiger charge is 2.25. The highest BCUT2D eigenvalue weighted by Crippen LogP contribution is 2.24. The van der Waals surface area contributed by atoms with Gasteiger partial charge >= 0.3 is 0 Å². The molecular formula is C19H24N2O4. The first kappa shape index (κ1) is 17.4. The molecular weight excluding hydrogens is 320 g/mol. The summed E-state index contributed by atoms with van der Waals surface area (Å²) < 4.78 is 16.2. The van der Waals surface area contributed by atoms with Crippen LogP contribution in [0.2, 0.25) is 0 Å². The van der Waals surface area contributed by atoms with Crippen molar-refractivity contribution in [2.24, 2.45) is 0 Å². The van der Waals surface area contributed by atoms with Crippen LogP contribution in [0.3, 0.4) is 0 Å². The minimum absolute atomic E-state index is 0.0167. The number of carbonyl (C=O) groups excluding carboxylic acids is 1. The van der Waals surface area contributed by atoms with Crippen LogP contribution in [0.4, 0.5) is 0 Å². The normalized spacial score (nSPS) is 15.7. The van der Waals surface area contributed by atoms with Gasteiger partial charge in [-0.2, -0.15) is 0 Å². The molecule has 1 aromatic heterocycles. The molecule has 6 heteroatoms. The molecule has 1 N–H and O–H groups in total. The van der Waals surface area contributed by atoms with E-state index in [0.717, 1.165) is 24.6 Å². The molecule has 0 unspecified atom stereocenters.